The lowest BCUT2D eigenvalue weighted by molar-refractivity contribution is -0.138. The molecular weight excluding hydrogens is 379 g/mol. The fraction of sp³-hybridized carbons (Fsp3) is 0.643. The van der Waals surface area contributed by atoms with Crippen molar-refractivity contribution in [3.63, 3.8) is 0 Å². The van der Waals surface area contributed by atoms with Gasteiger partial charge in [-0.1, -0.05) is 20.8 Å². The number of carbonyl (C=O) groups is 1. The molecule has 0 saturated heterocycles. The zero-order chi connectivity index (χ0) is 20.5. The summed E-state index contributed by atoms with van der Waals surface area (Å²) in [6, 6.07) is 0. The van der Waals surface area contributed by atoms with Gasteiger partial charge in [0.1, 0.15) is 6.10 Å². The average molecular weight is 399 g/mol. The second-order valence-corrected chi connectivity index (χ2v) is 8.46. The van der Waals surface area contributed by atoms with Crippen LogP contribution in [0.4, 0.5) is 23.8 Å². The largest absolute Gasteiger partial charge is 0.480 e. The molecule has 8 nitrogen and oxygen atoms in total. The smallest absolute Gasteiger partial charge is 0.425 e. The highest BCUT2D eigenvalue weighted by molar-refractivity contribution is 7.90. The third kappa shape index (κ3) is 5.44. The third-order valence-electron chi connectivity index (χ3n) is 3.39. The van der Waals surface area contributed by atoms with Crippen molar-refractivity contribution in [2.45, 2.75) is 45.1 Å². The van der Waals surface area contributed by atoms with Gasteiger partial charge in [-0.05, 0) is 12.3 Å². The third-order valence-corrected chi connectivity index (χ3v) is 4.23. The number of amides is 1. The molecule has 0 radical (unpaired) electrons. The Bertz CT molecular complexity index is 788. The van der Waals surface area contributed by atoms with E-state index in [1.165, 1.54) is 0 Å². The van der Waals surface area contributed by atoms with Crippen molar-refractivity contribution in [3.05, 3.63) is 5.56 Å². The predicted octanol–water partition coefficient (Wildman–Crippen LogP) is 2.89. The molecule has 1 amide bonds. The van der Waals surface area contributed by atoms with Crippen LogP contribution in [0.25, 0.3) is 0 Å². The fourth-order valence-corrected chi connectivity index (χ4v) is 2.05. The molecule has 0 fully saturated rings. The minimum atomic E-state index is -5.01. The first-order chi connectivity index (χ1) is 11.6. The van der Waals surface area contributed by atoms with Gasteiger partial charge in [-0.2, -0.15) is 23.1 Å². The van der Waals surface area contributed by atoms with E-state index in [1.54, 1.807) is 27.7 Å². The van der Waals surface area contributed by atoms with Crippen LogP contribution in [0.15, 0.2) is 5.16 Å². The normalized spacial score (nSPS) is 13.9. The van der Waals surface area contributed by atoms with Crippen molar-refractivity contribution in [1.29, 1.82) is 0 Å². The SMILES string of the molecule is COc1nc(S(C)(=O)=O)nc(NC(=O)OC(C)C(C)(C)C)c1C(F)(F)F. The van der Waals surface area contributed by atoms with Gasteiger partial charge in [-0.3, -0.25) is 5.32 Å². The lowest BCUT2D eigenvalue weighted by Gasteiger charge is -2.27. The molecule has 0 spiro atoms. The first-order valence-electron chi connectivity index (χ1n) is 7.28. The summed E-state index contributed by atoms with van der Waals surface area (Å²) in [4.78, 5) is 18.5. The first kappa shape index (κ1) is 21.9. The monoisotopic (exact) mass is 399 g/mol. The molecule has 1 atom stereocenters. The number of aromatic nitrogens is 2. The van der Waals surface area contributed by atoms with Crippen molar-refractivity contribution >= 4 is 21.7 Å². The van der Waals surface area contributed by atoms with Crippen molar-refractivity contribution < 1.29 is 35.9 Å². The van der Waals surface area contributed by atoms with E-state index in [9.17, 15) is 26.4 Å². The quantitative estimate of drug-likeness (QED) is 0.776. The summed E-state index contributed by atoms with van der Waals surface area (Å²) in [5.74, 6) is -2.11. The molecule has 0 bridgehead atoms. The number of nitrogens with zero attached hydrogens (tertiary/aromatic N) is 2. The maximum Gasteiger partial charge on any atom is 0.425 e. The predicted molar refractivity (Wildman–Crippen MR) is 85.7 cm³/mol. The molecule has 0 aliphatic carbocycles. The maximum absolute atomic E-state index is 13.3. The summed E-state index contributed by atoms with van der Waals surface area (Å²) in [7, 11) is -3.18. The topological polar surface area (TPSA) is 107 Å². The summed E-state index contributed by atoms with van der Waals surface area (Å²) in [5.41, 5.74) is -1.99. The number of ether oxygens (including phenoxy) is 2. The van der Waals surface area contributed by atoms with E-state index in [0.29, 0.717) is 6.26 Å². The van der Waals surface area contributed by atoms with Crippen molar-refractivity contribution in [2.24, 2.45) is 5.41 Å². The minimum absolute atomic E-state index is 0.467. The number of carbonyl (C=O) groups excluding carboxylic acids is 1. The zero-order valence-electron chi connectivity index (χ0n) is 15.1. The number of hydrogen-bond acceptors (Lipinski definition) is 7. The van der Waals surface area contributed by atoms with Crippen LogP contribution in [0.2, 0.25) is 0 Å². The Balaban J connectivity index is 3.41. The molecule has 0 aliphatic heterocycles. The Morgan fingerprint density at radius 1 is 1.19 bits per heavy atom. The Kier molecular flexibility index (Phi) is 6.12. The van der Waals surface area contributed by atoms with E-state index in [4.69, 9.17) is 4.74 Å². The van der Waals surface area contributed by atoms with Gasteiger partial charge in [0, 0.05) is 6.26 Å². The van der Waals surface area contributed by atoms with Gasteiger partial charge in [0.2, 0.25) is 15.7 Å². The molecule has 12 heteroatoms. The number of sulfone groups is 1. The van der Waals surface area contributed by atoms with Crippen molar-refractivity contribution in [1.82, 2.24) is 9.97 Å². The van der Waals surface area contributed by atoms with E-state index in [-0.39, 0.29) is 0 Å². The van der Waals surface area contributed by atoms with Crippen LogP contribution in [0.3, 0.4) is 0 Å². The fourth-order valence-electron chi connectivity index (χ4n) is 1.54. The van der Waals surface area contributed by atoms with E-state index in [1.807, 2.05) is 5.32 Å². The number of methoxy groups -OCH3 is 1. The number of nitrogens with one attached hydrogen (secondary N) is 1. The van der Waals surface area contributed by atoms with Gasteiger partial charge in [0.25, 0.3) is 5.16 Å². The van der Waals surface area contributed by atoms with Crippen LogP contribution in [0, 0.1) is 5.41 Å². The van der Waals surface area contributed by atoms with Crippen LogP contribution >= 0.6 is 0 Å². The van der Waals surface area contributed by atoms with Crippen LogP contribution in [-0.4, -0.2) is 43.9 Å². The van der Waals surface area contributed by atoms with Crippen LogP contribution in [-0.2, 0) is 20.8 Å². The first-order valence-corrected chi connectivity index (χ1v) is 9.17. The lowest BCUT2D eigenvalue weighted by Crippen LogP contribution is -2.31. The number of hydrogen-bond donors (Lipinski definition) is 1. The van der Waals surface area contributed by atoms with Crippen LogP contribution < -0.4 is 10.1 Å². The minimum Gasteiger partial charge on any atom is -0.480 e. The number of rotatable bonds is 4. The molecule has 1 heterocycles. The molecule has 1 aromatic rings. The molecule has 1 unspecified atom stereocenters. The zero-order valence-corrected chi connectivity index (χ0v) is 15.9. The van der Waals surface area contributed by atoms with Crippen LogP contribution in [0.1, 0.15) is 33.3 Å². The summed E-state index contributed by atoms with van der Waals surface area (Å²) < 4.78 is 72.7. The van der Waals surface area contributed by atoms with Gasteiger partial charge in [-0.25, -0.2) is 13.2 Å². The molecule has 1 N–H and O–H groups in total. The molecule has 0 aliphatic rings. The van der Waals surface area contributed by atoms with Crippen LogP contribution in [0.5, 0.6) is 5.88 Å². The highest BCUT2D eigenvalue weighted by atomic mass is 32.2. The molecule has 0 saturated carbocycles. The molecular formula is C14H20F3N3O5S. The second-order valence-electron chi connectivity index (χ2n) is 6.55. The summed E-state index contributed by atoms with van der Waals surface area (Å²) in [6.45, 7) is 6.86. The molecule has 1 aromatic heterocycles. The standard InChI is InChI=1S/C14H20F3N3O5S/c1-7(13(2,3)4)25-12(21)19-9-8(14(15,16)17)10(24-5)20-11(18-9)26(6,22)23/h7H,1-6H3,(H,18,19,20,21). The Hall–Kier alpha value is -2.11. The number of anilines is 1. The highest BCUT2D eigenvalue weighted by Crippen LogP contribution is 2.40. The van der Waals surface area contributed by atoms with Gasteiger partial charge in [0.15, 0.2) is 11.4 Å². The highest BCUT2D eigenvalue weighted by Gasteiger charge is 2.41. The Morgan fingerprint density at radius 2 is 1.73 bits per heavy atom. The number of alkyl halides is 3. The average Bonchev–Trinajstić information content (AvgIpc) is 2.42. The van der Waals surface area contributed by atoms with Gasteiger partial charge < -0.3 is 9.47 Å². The van der Waals surface area contributed by atoms with Gasteiger partial charge in [0.05, 0.1) is 7.11 Å². The molecule has 1 rings (SSSR count). The van der Waals surface area contributed by atoms with Gasteiger partial charge in [-0.15, -0.1) is 0 Å². The van der Waals surface area contributed by atoms with Crippen molar-refractivity contribution in [2.75, 3.05) is 18.7 Å². The summed E-state index contributed by atoms with van der Waals surface area (Å²) in [6.07, 6.45) is -6.17. The Morgan fingerprint density at radius 3 is 2.12 bits per heavy atom. The Labute approximate surface area is 149 Å². The number of halogens is 3. The summed E-state index contributed by atoms with van der Waals surface area (Å²) >= 11 is 0. The second kappa shape index (κ2) is 7.25. The van der Waals surface area contributed by atoms with E-state index >= 15 is 0 Å². The summed E-state index contributed by atoms with van der Waals surface area (Å²) in [5, 5.41) is 0.901. The lowest BCUT2D eigenvalue weighted by atomic mass is 9.90. The van der Waals surface area contributed by atoms with Gasteiger partial charge >= 0.3 is 12.3 Å². The van der Waals surface area contributed by atoms with Crippen molar-refractivity contribution in [3.8, 4) is 5.88 Å². The van der Waals surface area contributed by atoms with E-state index < -0.39 is 56.0 Å². The maximum atomic E-state index is 13.3. The molecule has 26 heavy (non-hydrogen) atoms. The van der Waals surface area contributed by atoms with E-state index in [0.717, 1.165) is 7.11 Å². The molecule has 0 aromatic carbocycles. The molecule has 148 valence electrons. The van der Waals surface area contributed by atoms with E-state index in [2.05, 4.69) is 14.7 Å².